The van der Waals surface area contributed by atoms with Gasteiger partial charge in [-0.1, -0.05) is 67.4 Å². The van der Waals surface area contributed by atoms with E-state index in [1.807, 2.05) is 34.1 Å². The number of hydrogen-bond donors (Lipinski definition) is 4. The molecule has 5 fully saturated rings. The van der Waals surface area contributed by atoms with Crippen LogP contribution in [-0.4, -0.2) is 71.2 Å². The lowest BCUT2D eigenvalue weighted by Gasteiger charge is -2.61. The van der Waals surface area contributed by atoms with Crippen molar-refractivity contribution in [1.29, 1.82) is 0 Å². The number of aliphatic hydroxyl groups is 4. The molecule has 0 radical (unpaired) electrons. The molecule has 48 heavy (non-hydrogen) atoms. The van der Waals surface area contributed by atoms with Crippen LogP contribution in [0, 0.1) is 45.8 Å². The Kier molecular flexibility index (Phi) is 9.44. The number of fused-ring (bicyclic) bond motifs is 9. The van der Waals surface area contributed by atoms with E-state index < -0.39 is 34.7 Å². The highest BCUT2D eigenvalue weighted by Crippen LogP contribution is 2.70. The number of allylic oxidation sites excluding steroid dienone is 2. The van der Waals surface area contributed by atoms with Crippen molar-refractivity contribution < 1.29 is 25.2 Å². The molecule has 5 aliphatic carbocycles. The number of carbonyl (C=O) groups is 1. The van der Waals surface area contributed by atoms with Gasteiger partial charge in [-0.25, -0.2) is 4.98 Å². The fourth-order valence-electron chi connectivity index (χ4n) is 12.0. The monoisotopic (exact) mass is 698 g/mol. The van der Waals surface area contributed by atoms with Gasteiger partial charge in [0.2, 0.25) is 0 Å². The second kappa shape index (κ2) is 12.8. The van der Waals surface area contributed by atoms with E-state index in [4.69, 9.17) is 0 Å². The van der Waals surface area contributed by atoms with E-state index in [2.05, 4.69) is 50.4 Å². The maximum Gasteiger partial charge on any atom is 0.159 e. The van der Waals surface area contributed by atoms with Crippen LogP contribution in [0.2, 0.25) is 0 Å². The molecule has 9 heteroatoms. The van der Waals surface area contributed by atoms with E-state index >= 15 is 0 Å². The van der Waals surface area contributed by atoms with Crippen LogP contribution in [0.1, 0.15) is 111 Å². The summed E-state index contributed by atoms with van der Waals surface area (Å²) < 4.78 is 2.25. The zero-order chi connectivity index (χ0) is 34.2. The Bertz CT molecular complexity index is 1440. The molecule has 1 saturated heterocycles. The average molecular weight is 699 g/mol. The minimum atomic E-state index is -1.18. The first-order valence-electron chi connectivity index (χ1n) is 18.7. The Balaban J connectivity index is 1.29. The van der Waals surface area contributed by atoms with Crippen LogP contribution in [-0.2, 0) is 4.79 Å². The molecule has 4 N–H and O–H groups in total. The third-order valence-corrected chi connectivity index (χ3v) is 17.3. The van der Waals surface area contributed by atoms with Gasteiger partial charge in [0.15, 0.2) is 5.78 Å². The molecule has 0 amide bonds. The molecule has 1 aromatic heterocycles. The van der Waals surface area contributed by atoms with Crippen LogP contribution in [0.25, 0.3) is 0 Å². The Morgan fingerprint density at radius 3 is 2.38 bits per heavy atom. The maximum atomic E-state index is 13.9. The molecule has 0 aromatic carbocycles. The van der Waals surface area contributed by atoms with Gasteiger partial charge in [-0.2, -0.15) is 0 Å². The van der Waals surface area contributed by atoms with E-state index in [0.29, 0.717) is 12.8 Å². The minimum absolute atomic E-state index is 0.00573. The number of aliphatic hydroxyl groups excluding tert-OH is 3. The Hall–Kier alpha value is -1.10. The van der Waals surface area contributed by atoms with Gasteiger partial charge in [-0.15, -0.1) is 0 Å². The highest BCUT2D eigenvalue weighted by Gasteiger charge is 2.70. The van der Waals surface area contributed by atoms with Crippen LogP contribution >= 0.6 is 21.6 Å². The van der Waals surface area contributed by atoms with E-state index in [-0.39, 0.29) is 53.3 Å². The Morgan fingerprint density at radius 1 is 0.938 bits per heavy atom. The molecular weight excluding hydrogens is 641 g/mol. The minimum Gasteiger partial charge on any atom is -0.393 e. The number of nitrogens with zero attached hydrogens (tertiary/aromatic N) is 2. The van der Waals surface area contributed by atoms with Crippen molar-refractivity contribution in [2.45, 2.75) is 135 Å². The number of aromatic nitrogens is 2. The second-order valence-corrected chi connectivity index (χ2v) is 20.2. The van der Waals surface area contributed by atoms with Crippen molar-refractivity contribution in [2.24, 2.45) is 45.8 Å². The summed E-state index contributed by atoms with van der Waals surface area (Å²) in [5, 5.41) is 47.1. The summed E-state index contributed by atoms with van der Waals surface area (Å²) in [5.41, 5.74) is 1.61. The van der Waals surface area contributed by atoms with E-state index in [0.717, 1.165) is 55.6 Å². The van der Waals surface area contributed by atoms with E-state index in [9.17, 15) is 25.2 Å². The molecule has 1 aliphatic heterocycles. The number of carbonyl (C=O) groups excluding carboxylic acids is 1. The zero-order valence-corrected chi connectivity index (χ0v) is 31.2. The first-order valence-corrected chi connectivity index (χ1v) is 21.1. The first kappa shape index (κ1) is 35.3. The molecule has 6 aliphatic rings. The van der Waals surface area contributed by atoms with E-state index in [1.54, 1.807) is 11.6 Å². The SMILES string of the molecule is C[C@@H]1[C@H](O)CC(=C2CCCC2)C(C)(C)C[C@@H](n2ccnc2)CSSC[C@H]2C[C@H]1[C@@]1(C)CC[C@H]3C(=CC(=O)[C@@H]4C[C@@H](O)[C@@H](O)C[C@@]43C)[C@]21O. The molecule has 4 saturated carbocycles. The summed E-state index contributed by atoms with van der Waals surface area (Å²) >= 11 is 0. The topological polar surface area (TPSA) is 116 Å². The fourth-order valence-corrected chi connectivity index (χ4v) is 14.7. The molecule has 2 heterocycles. The standard InChI is InChI=1S/C39H58N2O5S2/c1-23-28-14-25(39(46)30-16-33(43)31-17-34(44)35(45)19-37(31,4)27(30)10-11-38(28,39)5)20-47-48-21-26(41-13-12-40-22-41)18-36(2,3)29(15-32(23)42)24-8-6-7-9-24/h12-13,16,22-23,25-28,31-32,34-35,42,44-46H,6-11,14-15,17-21H2,1-5H3/t23-,25+,26+,27-,28+,31-,32+,34+,35-,37+,38+,39+/m0/s1. The third kappa shape index (κ3) is 5.55. The van der Waals surface area contributed by atoms with Gasteiger partial charge < -0.3 is 25.0 Å². The lowest BCUT2D eigenvalue weighted by molar-refractivity contribution is -0.158. The van der Waals surface area contributed by atoms with Gasteiger partial charge in [0.1, 0.15) is 0 Å². The highest BCUT2D eigenvalue weighted by atomic mass is 33.1. The molecule has 1 aromatic rings. The van der Waals surface area contributed by atoms with Crippen molar-refractivity contribution in [3.05, 3.63) is 41.5 Å². The summed E-state index contributed by atoms with van der Waals surface area (Å²) in [5.74, 6) is 1.35. The van der Waals surface area contributed by atoms with Crippen LogP contribution in [0.4, 0.5) is 0 Å². The van der Waals surface area contributed by atoms with Gasteiger partial charge in [0.25, 0.3) is 0 Å². The molecule has 2 bridgehead atoms. The normalized spacial score (nSPS) is 46.7. The fraction of sp³-hybridized carbons (Fsp3) is 0.795. The largest absolute Gasteiger partial charge is 0.393 e. The molecule has 0 unspecified atom stereocenters. The first-order chi connectivity index (χ1) is 22.7. The molecule has 0 spiro atoms. The van der Waals surface area contributed by atoms with Crippen molar-refractivity contribution >= 4 is 27.4 Å². The summed E-state index contributed by atoms with van der Waals surface area (Å²) in [7, 11) is 3.74. The maximum absolute atomic E-state index is 13.9. The molecule has 12 atom stereocenters. The number of rotatable bonds is 1. The third-order valence-electron chi connectivity index (χ3n) is 14.8. The molecule has 266 valence electrons. The Labute approximate surface area is 295 Å². The number of imidazole rings is 1. The lowest BCUT2D eigenvalue weighted by atomic mass is 9.45. The van der Waals surface area contributed by atoms with Gasteiger partial charge >= 0.3 is 0 Å². The van der Waals surface area contributed by atoms with Gasteiger partial charge in [-0.3, -0.25) is 4.79 Å². The summed E-state index contributed by atoms with van der Waals surface area (Å²) in [6.45, 7) is 11.4. The summed E-state index contributed by atoms with van der Waals surface area (Å²) in [6, 6.07) is 0.252. The highest BCUT2D eigenvalue weighted by molar-refractivity contribution is 8.76. The quantitative estimate of drug-likeness (QED) is 0.185. The van der Waals surface area contributed by atoms with Crippen LogP contribution in [0.3, 0.4) is 0 Å². The van der Waals surface area contributed by atoms with Crippen molar-refractivity contribution in [3.8, 4) is 0 Å². The van der Waals surface area contributed by atoms with Crippen molar-refractivity contribution in [3.63, 3.8) is 0 Å². The summed E-state index contributed by atoms with van der Waals surface area (Å²) in [4.78, 5) is 18.3. The predicted octanol–water partition coefficient (Wildman–Crippen LogP) is 6.92. The van der Waals surface area contributed by atoms with E-state index in [1.165, 1.54) is 18.4 Å². The van der Waals surface area contributed by atoms with Gasteiger partial charge in [0, 0.05) is 47.2 Å². The Morgan fingerprint density at radius 2 is 1.67 bits per heavy atom. The van der Waals surface area contributed by atoms with Crippen molar-refractivity contribution in [2.75, 3.05) is 11.5 Å². The molecule has 7 rings (SSSR count). The zero-order valence-electron chi connectivity index (χ0n) is 29.6. The van der Waals surface area contributed by atoms with Crippen molar-refractivity contribution in [1.82, 2.24) is 9.55 Å². The van der Waals surface area contributed by atoms with Gasteiger partial charge in [-0.05, 0) is 111 Å². The smallest absolute Gasteiger partial charge is 0.159 e. The summed E-state index contributed by atoms with van der Waals surface area (Å²) in [6.07, 6.45) is 14.8. The van der Waals surface area contributed by atoms with Gasteiger partial charge in [0.05, 0.1) is 30.2 Å². The lowest BCUT2D eigenvalue weighted by Crippen LogP contribution is -2.62. The number of hydrogen-bond acceptors (Lipinski definition) is 8. The number of ketones is 1. The van der Waals surface area contributed by atoms with Crippen LogP contribution < -0.4 is 0 Å². The second-order valence-electron chi connectivity index (χ2n) is 17.7. The molecular formula is C39H58N2O5S2. The van der Waals surface area contributed by atoms with Crippen LogP contribution in [0.5, 0.6) is 0 Å². The molecule has 7 nitrogen and oxygen atoms in total. The van der Waals surface area contributed by atoms with Crippen LogP contribution in [0.15, 0.2) is 41.5 Å². The predicted molar refractivity (Wildman–Crippen MR) is 193 cm³/mol. The average Bonchev–Trinajstić information content (AvgIpc) is 3.80.